The zero-order valence-electron chi connectivity index (χ0n) is 9.40. The van der Waals surface area contributed by atoms with Gasteiger partial charge in [-0.05, 0) is 24.8 Å². The lowest BCUT2D eigenvalue weighted by Gasteiger charge is -2.14. The largest absolute Gasteiger partial charge is 0.337 e. The van der Waals surface area contributed by atoms with E-state index in [1.54, 1.807) is 16.9 Å². The molecule has 1 atom stereocenters. The quantitative estimate of drug-likeness (QED) is 0.753. The summed E-state index contributed by atoms with van der Waals surface area (Å²) in [6.07, 6.45) is 3.85. The van der Waals surface area contributed by atoms with Crippen molar-refractivity contribution in [3.63, 3.8) is 0 Å². The summed E-state index contributed by atoms with van der Waals surface area (Å²) in [5, 5.41) is 4.13. The highest BCUT2D eigenvalue weighted by Crippen LogP contribution is 2.21. The molecule has 0 radical (unpaired) electrons. The third-order valence-corrected chi connectivity index (χ3v) is 3.24. The van der Waals surface area contributed by atoms with Gasteiger partial charge < -0.3 is 4.90 Å². The van der Waals surface area contributed by atoms with Crippen LogP contribution >= 0.6 is 11.6 Å². The fourth-order valence-electron chi connectivity index (χ4n) is 2.10. The second-order valence-electron chi connectivity index (χ2n) is 4.26. The van der Waals surface area contributed by atoms with E-state index in [-0.39, 0.29) is 5.91 Å². The van der Waals surface area contributed by atoms with Crippen LogP contribution in [-0.4, -0.2) is 39.6 Å². The fraction of sp³-hybridized carbons (Fsp3) is 0.636. The van der Waals surface area contributed by atoms with E-state index in [0.717, 1.165) is 25.9 Å². The molecule has 2 heterocycles. The molecule has 1 aliphatic heterocycles. The second-order valence-corrected chi connectivity index (χ2v) is 4.64. The first-order valence-corrected chi connectivity index (χ1v) is 6.09. The van der Waals surface area contributed by atoms with Gasteiger partial charge in [-0.25, -0.2) is 0 Å². The average Bonchev–Trinajstić information content (AvgIpc) is 2.87. The molecule has 0 spiro atoms. The first-order chi connectivity index (χ1) is 7.70. The van der Waals surface area contributed by atoms with Gasteiger partial charge >= 0.3 is 0 Å². The van der Waals surface area contributed by atoms with Crippen LogP contribution in [0.5, 0.6) is 0 Å². The van der Waals surface area contributed by atoms with Gasteiger partial charge in [0.05, 0.1) is 0 Å². The van der Waals surface area contributed by atoms with Gasteiger partial charge in [-0.1, -0.05) is 0 Å². The summed E-state index contributed by atoms with van der Waals surface area (Å²) < 4.78 is 1.65. The lowest BCUT2D eigenvalue weighted by molar-refractivity contribution is 0.0780. The zero-order valence-corrected chi connectivity index (χ0v) is 10.2. The molecule has 1 unspecified atom stereocenters. The molecule has 1 saturated heterocycles. The lowest BCUT2D eigenvalue weighted by Crippen LogP contribution is -2.29. The number of hydrogen-bond donors (Lipinski definition) is 0. The van der Waals surface area contributed by atoms with E-state index in [0.29, 0.717) is 17.5 Å². The molecule has 0 bridgehead atoms. The van der Waals surface area contributed by atoms with Crippen molar-refractivity contribution in [1.82, 2.24) is 14.7 Å². The van der Waals surface area contributed by atoms with E-state index >= 15 is 0 Å². The number of hydrogen-bond acceptors (Lipinski definition) is 2. The molecule has 2 rings (SSSR count). The SMILES string of the molecule is Cn1ccc(C(=O)N2CCC(CCCl)C2)n1. The number of carbonyl (C=O) groups excluding carboxylic acids is 1. The third-order valence-electron chi connectivity index (χ3n) is 3.02. The van der Waals surface area contributed by atoms with Crippen molar-refractivity contribution in [3.05, 3.63) is 18.0 Å². The Balaban J connectivity index is 1.97. The Kier molecular flexibility index (Phi) is 3.49. The number of aryl methyl sites for hydroxylation is 1. The number of halogens is 1. The minimum Gasteiger partial charge on any atom is -0.337 e. The van der Waals surface area contributed by atoms with Gasteiger partial charge in [0.1, 0.15) is 5.69 Å². The highest BCUT2D eigenvalue weighted by atomic mass is 35.5. The van der Waals surface area contributed by atoms with Crippen LogP contribution in [0.15, 0.2) is 12.3 Å². The molecule has 1 fully saturated rings. The number of aromatic nitrogens is 2. The van der Waals surface area contributed by atoms with Gasteiger partial charge in [-0.2, -0.15) is 5.10 Å². The topological polar surface area (TPSA) is 38.1 Å². The molecule has 1 amide bonds. The highest BCUT2D eigenvalue weighted by molar-refractivity contribution is 6.17. The Labute approximate surface area is 100 Å². The Hall–Kier alpha value is -1.03. The maximum absolute atomic E-state index is 12.0. The number of nitrogens with zero attached hydrogens (tertiary/aromatic N) is 3. The van der Waals surface area contributed by atoms with Gasteiger partial charge in [0.25, 0.3) is 5.91 Å². The summed E-state index contributed by atoms with van der Waals surface area (Å²) in [5.41, 5.74) is 0.536. The van der Waals surface area contributed by atoms with Gasteiger partial charge in [0, 0.05) is 32.2 Å². The van der Waals surface area contributed by atoms with E-state index in [2.05, 4.69) is 5.10 Å². The summed E-state index contributed by atoms with van der Waals surface area (Å²) in [6.45, 7) is 1.65. The summed E-state index contributed by atoms with van der Waals surface area (Å²) in [5.74, 6) is 1.28. The number of alkyl halides is 1. The summed E-state index contributed by atoms with van der Waals surface area (Å²) in [4.78, 5) is 13.9. The third kappa shape index (κ3) is 2.38. The number of likely N-dealkylation sites (tertiary alicyclic amines) is 1. The van der Waals surface area contributed by atoms with Crippen LogP contribution in [0.25, 0.3) is 0 Å². The van der Waals surface area contributed by atoms with Crippen molar-refractivity contribution in [2.45, 2.75) is 12.8 Å². The standard InChI is InChI=1S/C11H16ClN3O/c1-14-6-4-10(13-14)11(16)15-7-3-9(8-15)2-5-12/h4,6,9H,2-3,5,7-8H2,1H3. The molecule has 0 N–H and O–H groups in total. The molecule has 88 valence electrons. The lowest BCUT2D eigenvalue weighted by atomic mass is 10.1. The van der Waals surface area contributed by atoms with Gasteiger partial charge in [-0.3, -0.25) is 9.48 Å². The van der Waals surface area contributed by atoms with Gasteiger partial charge in [0.2, 0.25) is 0 Å². The second kappa shape index (κ2) is 4.87. The van der Waals surface area contributed by atoms with Crippen molar-refractivity contribution in [2.75, 3.05) is 19.0 Å². The van der Waals surface area contributed by atoms with Crippen molar-refractivity contribution in [3.8, 4) is 0 Å². The molecule has 1 aliphatic rings. The molecule has 4 nitrogen and oxygen atoms in total. The van der Waals surface area contributed by atoms with Crippen LogP contribution in [0.1, 0.15) is 23.3 Å². The first-order valence-electron chi connectivity index (χ1n) is 5.55. The van der Waals surface area contributed by atoms with Crippen molar-refractivity contribution < 1.29 is 4.79 Å². The van der Waals surface area contributed by atoms with Crippen LogP contribution in [-0.2, 0) is 7.05 Å². The van der Waals surface area contributed by atoms with Gasteiger partial charge in [0.15, 0.2) is 0 Å². The van der Waals surface area contributed by atoms with Crippen molar-refractivity contribution >= 4 is 17.5 Å². The number of carbonyl (C=O) groups is 1. The summed E-state index contributed by atoms with van der Waals surface area (Å²) >= 11 is 5.71. The Morgan fingerprint density at radius 1 is 1.69 bits per heavy atom. The highest BCUT2D eigenvalue weighted by Gasteiger charge is 2.27. The average molecular weight is 242 g/mol. The minimum atomic E-state index is 0.0395. The Morgan fingerprint density at radius 3 is 3.12 bits per heavy atom. The van der Waals surface area contributed by atoms with E-state index in [4.69, 9.17) is 11.6 Å². The molecular weight excluding hydrogens is 226 g/mol. The van der Waals surface area contributed by atoms with Crippen LogP contribution in [0.3, 0.4) is 0 Å². The predicted molar refractivity (Wildman–Crippen MR) is 62.6 cm³/mol. The first kappa shape index (κ1) is 11.5. The minimum absolute atomic E-state index is 0.0395. The van der Waals surface area contributed by atoms with Crippen LogP contribution in [0.2, 0.25) is 0 Å². The fourth-order valence-corrected chi connectivity index (χ4v) is 2.41. The molecule has 5 heteroatoms. The summed E-state index contributed by atoms with van der Waals surface area (Å²) in [6, 6.07) is 1.76. The predicted octanol–water partition coefficient (Wildman–Crippen LogP) is 1.51. The van der Waals surface area contributed by atoms with E-state index < -0.39 is 0 Å². The molecule has 0 aromatic carbocycles. The molecule has 16 heavy (non-hydrogen) atoms. The monoisotopic (exact) mass is 241 g/mol. The number of rotatable bonds is 3. The smallest absolute Gasteiger partial charge is 0.274 e. The zero-order chi connectivity index (χ0) is 11.5. The Bertz CT molecular complexity index is 377. The molecule has 0 saturated carbocycles. The maximum atomic E-state index is 12.0. The van der Waals surface area contributed by atoms with Crippen LogP contribution < -0.4 is 0 Å². The normalized spacial score (nSPS) is 20.4. The summed E-state index contributed by atoms with van der Waals surface area (Å²) in [7, 11) is 1.82. The maximum Gasteiger partial charge on any atom is 0.274 e. The van der Waals surface area contributed by atoms with E-state index in [9.17, 15) is 4.79 Å². The molecule has 1 aromatic rings. The van der Waals surface area contributed by atoms with Crippen LogP contribution in [0.4, 0.5) is 0 Å². The molecule has 0 aliphatic carbocycles. The van der Waals surface area contributed by atoms with Crippen molar-refractivity contribution in [2.24, 2.45) is 13.0 Å². The van der Waals surface area contributed by atoms with Gasteiger partial charge in [-0.15, -0.1) is 11.6 Å². The Morgan fingerprint density at radius 2 is 2.50 bits per heavy atom. The van der Waals surface area contributed by atoms with Crippen LogP contribution in [0, 0.1) is 5.92 Å². The molecular formula is C11H16ClN3O. The van der Waals surface area contributed by atoms with Crippen molar-refractivity contribution in [1.29, 1.82) is 0 Å². The van der Waals surface area contributed by atoms with E-state index in [1.807, 2.05) is 11.9 Å². The van der Waals surface area contributed by atoms with E-state index in [1.165, 1.54) is 0 Å². The molecule has 1 aromatic heterocycles. The number of amides is 1.